The first-order valence-electron chi connectivity index (χ1n) is 8.88. The molecule has 4 rings (SSSR count). The lowest BCUT2D eigenvalue weighted by molar-refractivity contribution is -0.118. The van der Waals surface area contributed by atoms with Crippen molar-refractivity contribution < 1.29 is 19.1 Å². The summed E-state index contributed by atoms with van der Waals surface area (Å²) in [5.41, 5.74) is 6.54. The summed E-state index contributed by atoms with van der Waals surface area (Å²) in [5, 5.41) is 2.73. The van der Waals surface area contributed by atoms with Gasteiger partial charge in [0.25, 0.3) is 0 Å². The third-order valence-electron chi connectivity index (χ3n) is 4.99. The van der Waals surface area contributed by atoms with E-state index >= 15 is 0 Å². The van der Waals surface area contributed by atoms with Crippen molar-refractivity contribution in [2.45, 2.75) is 12.5 Å². The average molecular weight is 380 g/mol. The van der Waals surface area contributed by atoms with E-state index < -0.39 is 11.4 Å². The van der Waals surface area contributed by atoms with E-state index in [9.17, 15) is 14.4 Å². The Balaban J connectivity index is 1.85. The van der Waals surface area contributed by atoms with Crippen molar-refractivity contribution in [1.82, 2.24) is 4.90 Å². The fourth-order valence-corrected chi connectivity index (χ4v) is 3.88. The van der Waals surface area contributed by atoms with E-state index in [0.717, 1.165) is 5.56 Å². The minimum Gasteiger partial charge on any atom is -0.488 e. The molecule has 8 nitrogen and oxygen atoms in total. The van der Waals surface area contributed by atoms with Crippen LogP contribution < -0.4 is 20.7 Å². The highest BCUT2D eigenvalue weighted by Crippen LogP contribution is 2.48. The molecule has 0 saturated carbocycles. The van der Waals surface area contributed by atoms with Crippen LogP contribution in [0.2, 0.25) is 0 Å². The fraction of sp³-hybridized carbons (Fsp3) is 0.250. The average Bonchev–Trinajstić information content (AvgIpc) is 2.95. The third-order valence-corrected chi connectivity index (χ3v) is 4.99. The number of hydrogen-bond acceptors (Lipinski definition) is 4. The van der Waals surface area contributed by atoms with Gasteiger partial charge in [-0.15, -0.1) is 0 Å². The van der Waals surface area contributed by atoms with Crippen molar-refractivity contribution in [3.8, 4) is 5.75 Å². The molecule has 2 aromatic rings. The molecule has 1 fully saturated rings. The molecule has 8 heteroatoms. The summed E-state index contributed by atoms with van der Waals surface area (Å²) in [6, 6.07) is 14.4. The smallest absolute Gasteiger partial charge is 0.326 e. The molecule has 1 atom stereocenters. The highest BCUT2D eigenvalue weighted by Gasteiger charge is 2.55. The van der Waals surface area contributed by atoms with Gasteiger partial charge in [0, 0.05) is 12.6 Å². The summed E-state index contributed by atoms with van der Waals surface area (Å²) in [7, 11) is 0. The van der Waals surface area contributed by atoms with E-state index in [1.54, 1.807) is 23.1 Å². The molecule has 28 heavy (non-hydrogen) atoms. The van der Waals surface area contributed by atoms with E-state index in [4.69, 9.17) is 10.5 Å². The lowest BCUT2D eigenvalue weighted by Crippen LogP contribution is -2.52. The topological polar surface area (TPSA) is 105 Å². The molecule has 1 unspecified atom stereocenters. The monoisotopic (exact) mass is 380 g/mol. The highest BCUT2D eigenvalue weighted by molar-refractivity contribution is 6.01. The lowest BCUT2D eigenvalue weighted by Gasteiger charge is -2.41. The van der Waals surface area contributed by atoms with Crippen molar-refractivity contribution in [3.63, 3.8) is 0 Å². The molecule has 0 aromatic heterocycles. The Morgan fingerprint density at radius 3 is 2.64 bits per heavy atom. The van der Waals surface area contributed by atoms with Gasteiger partial charge in [0.15, 0.2) is 0 Å². The number of anilines is 2. The zero-order valence-electron chi connectivity index (χ0n) is 15.3. The molecular weight excluding hydrogens is 360 g/mol. The van der Waals surface area contributed by atoms with Crippen LogP contribution in [-0.2, 0) is 15.1 Å². The number of hydrogen-bond donors (Lipinski definition) is 2. The van der Waals surface area contributed by atoms with Crippen LogP contribution in [0.15, 0.2) is 48.5 Å². The number of nitrogens with one attached hydrogen (secondary N) is 1. The Morgan fingerprint density at radius 2 is 1.96 bits per heavy atom. The largest absolute Gasteiger partial charge is 0.488 e. The van der Waals surface area contributed by atoms with E-state index in [-0.39, 0.29) is 31.6 Å². The minimum atomic E-state index is -0.796. The van der Waals surface area contributed by atoms with Crippen LogP contribution in [0.4, 0.5) is 16.2 Å². The second kappa shape index (κ2) is 6.56. The lowest BCUT2D eigenvalue weighted by atomic mass is 9.88. The maximum absolute atomic E-state index is 13.3. The van der Waals surface area contributed by atoms with E-state index in [1.807, 2.05) is 30.3 Å². The van der Waals surface area contributed by atoms with Gasteiger partial charge in [0.2, 0.25) is 11.8 Å². The van der Waals surface area contributed by atoms with Gasteiger partial charge in [-0.1, -0.05) is 30.3 Å². The Labute approximate surface area is 161 Å². The first-order chi connectivity index (χ1) is 13.4. The van der Waals surface area contributed by atoms with Crippen molar-refractivity contribution in [1.29, 1.82) is 0 Å². The van der Waals surface area contributed by atoms with E-state index in [0.29, 0.717) is 17.1 Å². The zero-order valence-corrected chi connectivity index (χ0v) is 15.3. The zero-order chi connectivity index (χ0) is 19.9. The van der Waals surface area contributed by atoms with Crippen LogP contribution in [0, 0.1) is 0 Å². The Morgan fingerprint density at radius 1 is 1.21 bits per heavy atom. The number of ether oxygens (including phenoxy) is 1. The summed E-state index contributed by atoms with van der Waals surface area (Å²) in [6.07, 6.45) is 0. The van der Waals surface area contributed by atoms with E-state index in [2.05, 4.69) is 5.32 Å². The van der Waals surface area contributed by atoms with Gasteiger partial charge in [-0.25, -0.2) is 4.79 Å². The molecule has 4 amide bonds. The number of carbonyl (C=O) groups excluding carboxylic acids is 3. The van der Waals surface area contributed by atoms with Crippen LogP contribution in [-0.4, -0.2) is 42.4 Å². The normalized spacial score (nSPS) is 20.2. The Hall–Kier alpha value is -3.55. The van der Waals surface area contributed by atoms with Gasteiger partial charge in [-0.3, -0.25) is 14.5 Å². The maximum Gasteiger partial charge on any atom is 0.326 e. The van der Waals surface area contributed by atoms with Crippen LogP contribution in [0.5, 0.6) is 5.75 Å². The summed E-state index contributed by atoms with van der Waals surface area (Å²) in [5.74, 6) is -0.256. The van der Waals surface area contributed by atoms with Crippen LogP contribution in [0.25, 0.3) is 0 Å². The van der Waals surface area contributed by atoms with Gasteiger partial charge in [-0.05, 0) is 23.8 Å². The molecule has 0 spiro atoms. The molecular formula is C20H20N4O4. The summed E-state index contributed by atoms with van der Waals surface area (Å²) < 4.78 is 6.01. The molecule has 2 heterocycles. The van der Waals surface area contributed by atoms with Crippen molar-refractivity contribution in [3.05, 3.63) is 54.1 Å². The number of rotatable bonds is 4. The Kier molecular flexibility index (Phi) is 4.18. The number of carbonyl (C=O) groups is 3. The van der Waals surface area contributed by atoms with Crippen LogP contribution in [0.1, 0.15) is 12.5 Å². The predicted molar refractivity (Wildman–Crippen MR) is 103 cm³/mol. The standard InChI is InChI=1S/C20H20N4O4/c1-13(25)22-15-7-8-17-16(9-15)24-19(27)23(10-18(21)26)11-20(24,12-28-17)14-5-3-2-4-6-14/h2-9H,10-12H2,1H3,(H2,21,26)(H,22,25). The number of urea groups is 1. The Bertz CT molecular complexity index is 962. The number of fused-ring (bicyclic) bond motifs is 3. The van der Waals surface area contributed by atoms with Crippen LogP contribution >= 0.6 is 0 Å². The molecule has 1 saturated heterocycles. The molecule has 0 radical (unpaired) electrons. The van der Waals surface area contributed by atoms with Gasteiger partial charge in [0.05, 0.1) is 12.2 Å². The summed E-state index contributed by atoms with van der Waals surface area (Å²) in [4.78, 5) is 39.3. The molecule has 3 N–H and O–H groups in total. The SMILES string of the molecule is CC(=O)Nc1ccc2c(c1)N1C(=O)N(CC(N)=O)CC1(c1ccccc1)CO2. The molecule has 0 aliphatic carbocycles. The minimum absolute atomic E-state index is 0.176. The summed E-state index contributed by atoms with van der Waals surface area (Å²) >= 11 is 0. The third kappa shape index (κ3) is 2.83. The van der Waals surface area contributed by atoms with Gasteiger partial charge in [-0.2, -0.15) is 0 Å². The van der Waals surface area contributed by atoms with Crippen molar-refractivity contribution >= 4 is 29.2 Å². The number of benzene rings is 2. The maximum atomic E-state index is 13.3. The first kappa shape index (κ1) is 17.8. The molecule has 0 bridgehead atoms. The number of primary amides is 1. The second-order valence-corrected chi connectivity index (χ2v) is 6.99. The molecule has 144 valence electrons. The molecule has 2 aliphatic rings. The molecule has 2 aliphatic heterocycles. The number of amides is 4. The summed E-state index contributed by atoms with van der Waals surface area (Å²) in [6.45, 7) is 1.75. The van der Waals surface area contributed by atoms with Gasteiger partial charge < -0.3 is 20.7 Å². The molecule has 2 aromatic carbocycles. The quantitative estimate of drug-likeness (QED) is 0.841. The fourth-order valence-electron chi connectivity index (χ4n) is 3.88. The highest BCUT2D eigenvalue weighted by atomic mass is 16.5. The predicted octanol–water partition coefficient (Wildman–Crippen LogP) is 1.66. The van der Waals surface area contributed by atoms with Crippen LogP contribution in [0.3, 0.4) is 0 Å². The number of nitrogens with two attached hydrogens (primary N) is 1. The first-order valence-corrected chi connectivity index (χ1v) is 8.88. The van der Waals surface area contributed by atoms with E-state index in [1.165, 1.54) is 11.8 Å². The van der Waals surface area contributed by atoms with Crippen molar-refractivity contribution in [2.75, 3.05) is 29.9 Å². The van der Waals surface area contributed by atoms with Crippen molar-refractivity contribution in [2.24, 2.45) is 5.73 Å². The van der Waals surface area contributed by atoms with Gasteiger partial charge >= 0.3 is 6.03 Å². The second-order valence-electron chi connectivity index (χ2n) is 6.99. The number of nitrogens with zero attached hydrogens (tertiary/aromatic N) is 2. The van der Waals surface area contributed by atoms with Gasteiger partial charge in [0.1, 0.15) is 24.4 Å².